The van der Waals surface area contributed by atoms with Crippen LogP contribution in [0.15, 0.2) is 24.3 Å². The fourth-order valence-corrected chi connectivity index (χ4v) is 2.56. The van der Waals surface area contributed by atoms with Crippen LogP contribution < -0.4 is 0 Å². The number of ketones is 1. The Morgan fingerprint density at radius 1 is 1.26 bits per heavy atom. The minimum atomic E-state index is -0.321. The number of Topliss-reactive ketones (excluding diaryl/α,β-unsaturated/α-hetero) is 1. The maximum absolute atomic E-state index is 12.9. The molecule has 3 atom stereocenters. The summed E-state index contributed by atoms with van der Waals surface area (Å²) in [5.74, 6) is -0.292. The number of carbonyl (C=O) groups is 1. The van der Waals surface area contributed by atoms with Gasteiger partial charge in [0.25, 0.3) is 0 Å². The van der Waals surface area contributed by atoms with Crippen LogP contribution in [0.25, 0.3) is 0 Å². The molecule has 0 spiro atoms. The first kappa shape index (κ1) is 14.2. The van der Waals surface area contributed by atoms with Gasteiger partial charge < -0.3 is 4.74 Å². The number of carbonyl (C=O) groups excluding carboxylic acids is 1. The molecule has 1 saturated heterocycles. The maximum Gasteiger partial charge on any atom is 0.179 e. The summed E-state index contributed by atoms with van der Waals surface area (Å²) in [6, 6.07) is 5.53. The van der Waals surface area contributed by atoms with Gasteiger partial charge in [-0.15, -0.1) is 0 Å². The molecule has 1 heterocycles. The average molecular weight is 265 g/mol. The van der Waals surface area contributed by atoms with E-state index in [4.69, 9.17) is 4.74 Å². The maximum atomic E-state index is 12.9. The first-order valence-corrected chi connectivity index (χ1v) is 6.66. The van der Waals surface area contributed by atoms with Crippen LogP contribution in [0.3, 0.4) is 0 Å². The van der Waals surface area contributed by atoms with Gasteiger partial charge in [-0.25, -0.2) is 4.39 Å². The number of benzene rings is 1. The fraction of sp³-hybridized carbons (Fsp3) is 0.533. The quantitative estimate of drug-likeness (QED) is 0.786. The Bertz CT molecular complexity index is 436. The number of rotatable bonds is 3. The van der Waals surface area contributed by atoms with Crippen molar-refractivity contribution in [3.63, 3.8) is 0 Å². The van der Waals surface area contributed by atoms with Gasteiger partial charge in [0, 0.05) is 18.7 Å². The van der Waals surface area contributed by atoms with Crippen molar-refractivity contribution in [2.24, 2.45) is 0 Å². The average Bonchev–Trinajstić information content (AvgIpc) is 2.37. The zero-order valence-corrected chi connectivity index (χ0v) is 11.6. The first-order chi connectivity index (χ1) is 8.97. The fourth-order valence-electron chi connectivity index (χ4n) is 2.56. The molecule has 2 rings (SSSR count). The number of hydrogen-bond acceptors (Lipinski definition) is 3. The van der Waals surface area contributed by atoms with Crippen molar-refractivity contribution in [2.45, 2.75) is 39.0 Å². The number of nitrogens with zero attached hydrogens (tertiary/aromatic N) is 1. The predicted octanol–water partition coefficient (Wildman–Crippen LogP) is 2.51. The molecule has 0 bridgehead atoms. The Hall–Kier alpha value is -1.26. The van der Waals surface area contributed by atoms with Crippen LogP contribution in [-0.2, 0) is 4.74 Å². The summed E-state index contributed by atoms with van der Waals surface area (Å²) < 4.78 is 18.5. The summed E-state index contributed by atoms with van der Waals surface area (Å²) in [6.07, 6.45) is 0.263. The van der Waals surface area contributed by atoms with Crippen LogP contribution in [0.4, 0.5) is 4.39 Å². The second-order valence-electron chi connectivity index (χ2n) is 5.26. The van der Waals surface area contributed by atoms with Gasteiger partial charge in [0.05, 0.1) is 18.2 Å². The van der Waals surface area contributed by atoms with Crippen LogP contribution in [-0.4, -0.2) is 42.0 Å². The highest BCUT2D eigenvalue weighted by Crippen LogP contribution is 2.16. The third-order valence-corrected chi connectivity index (χ3v) is 3.50. The van der Waals surface area contributed by atoms with Crippen molar-refractivity contribution in [3.8, 4) is 0 Å². The van der Waals surface area contributed by atoms with E-state index in [-0.39, 0.29) is 29.9 Å². The number of hydrogen-bond donors (Lipinski definition) is 0. The highest BCUT2D eigenvalue weighted by molar-refractivity contribution is 5.99. The molecule has 0 aliphatic carbocycles. The van der Waals surface area contributed by atoms with E-state index in [1.807, 2.05) is 20.8 Å². The molecular weight excluding hydrogens is 245 g/mol. The van der Waals surface area contributed by atoms with Gasteiger partial charge in [-0.2, -0.15) is 0 Å². The lowest BCUT2D eigenvalue weighted by Gasteiger charge is -2.38. The molecule has 1 aromatic rings. The Morgan fingerprint density at radius 3 is 2.32 bits per heavy atom. The Kier molecular flexibility index (Phi) is 4.32. The van der Waals surface area contributed by atoms with Crippen LogP contribution in [0.2, 0.25) is 0 Å². The monoisotopic (exact) mass is 265 g/mol. The zero-order valence-electron chi connectivity index (χ0n) is 11.6. The van der Waals surface area contributed by atoms with Crippen LogP contribution in [0.5, 0.6) is 0 Å². The molecule has 1 fully saturated rings. The van der Waals surface area contributed by atoms with Gasteiger partial charge in [-0.3, -0.25) is 9.69 Å². The Labute approximate surface area is 113 Å². The van der Waals surface area contributed by atoms with Gasteiger partial charge in [0.2, 0.25) is 0 Å². The molecule has 0 aromatic heterocycles. The predicted molar refractivity (Wildman–Crippen MR) is 71.8 cm³/mol. The van der Waals surface area contributed by atoms with Gasteiger partial charge in [0.1, 0.15) is 5.82 Å². The normalized spacial score (nSPS) is 26.1. The molecule has 104 valence electrons. The van der Waals surface area contributed by atoms with Crippen molar-refractivity contribution in [3.05, 3.63) is 35.6 Å². The molecule has 1 aromatic carbocycles. The third-order valence-electron chi connectivity index (χ3n) is 3.50. The third kappa shape index (κ3) is 3.39. The van der Waals surface area contributed by atoms with E-state index >= 15 is 0 Å². The first-order valence-electron chi connectivity index (χ1n) is 6.66. The van der Waals surface area contributed by atoms with Crippen molar-refractivity contribution in [1.82, 2.24) is 4.90 Å². The molecule has 0 N–H and O–H groups in total. The second kappa shape index (κ2) is 5.80. The van der Waals surface area contributed by atoms with Gasteiger partial charge in [-0.05, 0) is 45.0 Å². The smallest absolute Gasteiger partial charge is 0.179 e. The zero-order chi connectivity index (χ0) is 14.0. The van der Waals surface area contributed by atoms with Gasteiger partial charge in [-0.1, -0.05) is 0 Å². The van der Waals surface area contributed by atoms with Crippen molar-refractivity contribution >= 4 is 5.78 Å². The van der Waals surface area contributed by atoms with E-state index in [1.54, 1.807) is 12.1 Å². The van der Waals surface area contributed by atoms with Crippen LogP contribution in [0, 0.1) is 5.82 Å². The summed E-state index contributed by atoms with van der Waals surface area (Å²) >= 11 is 0. The van der Waals surface area contributed by atoms with Gasteiger partial charge >= 0.3 is 0 Å². The van der Waals surface area contributed by atoms with E-state index in [0.29, 0.717) is 5.56 Å². The molecular formula is C15H20FNO2. The molecule has 0 saturated carbocycles. The van der Waals surface area contributed by atoms with E-state index in [9.17, 15) is 9.18 Å². The second-order valence-corrected chi connectivity index (χ2v) is 5.26. The molecule has 4 heteroatoms. The topological polar surface area (TPSA) is 29.5 Å². The number of ether oxygens (including phenoxy) is 1. The van der Waals surface area contributed by atoms with E-state index in [2.05, 4.69) is 4.90 Å². The number of halogens is 1. The lowest BCUT2D eigenvalue weighted by molar-refractivity contribution is -0.0744. The Balaban J connectivity index is 2.08. The summed E-state index contributed by atoms with van der Waals surface area (Å²) in [4.78, 5) is 14.5. The van der Waals surface area contributed by atoms with Crippen molar-refractivity contribution in [1.29, 1.82) is 0 Å². The lowest BCUT2D eigenvalue weighted by atomic mass is 10.0. The van der Waals surface area contributed by atoms with E-state index < -0.39 is 0 Å². The SMILES string of the molecule is CC1CN(C(C)C(=O)c2ccc(F)cc2)CC(C)O1. The van der Waals surface area contributed by atoms with Crippen molar-refractivity contribution < 1.29 is 13.9 Å². The van der Waals surface area contributed by atoms with Crippen molar-refractivity contribution in [2.75, 3.05) is 13.1 Å². The minimum absolute atomic E-state index is 0.0290. The Morgan fingerprint density at radius 2 is 1.79 bits per heavy atom. The molecule has 0 amide bonds. The summed E-state index contributed by atoms with van der Waals surface area (Å²) in [5.41, 5.74) is 0.556. The standard InChI is InChI=1S/C15H20FNO2/c1-10-8-17(9-11(2)19-10)12(3)15(18)13-4-6-14(16)7-5-13/h4-7,10-12H,8-9H2,1-3H3. The van der Waals surface area contributed by atoms with Crippen LogP contribution in [0.1, 0.15) is 31.1 Å². The van der Waals surface area contributed by atoms with Crippen LogP contribution >= 0.6 is 0 Å². The molecule has 3 unspecified atom stereocenters. The lowest BCUT2D eigenvalue weighted by Crippen LogP contribution is -2.51. The summed E-state index contributed by atoms with van der Waals surface area (Å²) in [6.45, 7) is 7.42. The van der Waals surface area contributed by atoms with Gasteiger partial charge in [0.15, 0.2) is 5.78 Å². The van der Waals surface area contributed by atoms with E-state index in [0.717, 1.165) is 13.1 Å². The highest BCUT2D eigenvalue weighted by atomic mass is 19.1. The highest BCUT2D eigenvalue weighted by Gasteiger charge is 2.29. The summed E-state index contributed by atoms with van der Waals surface area (Å²) in [5, 5.41) is 0. The molecule has 1 aliphatic rings. The molecule has 19 heavy (non-hydrogen) atoms. The van der Waals surface area contributed by atoms with E-state index in [1.165, 1.54) is 12.1 Å². The largest absolute Gasteiger partial charge is 0.373 e. The summed E-state index contributed by atoms with van der Waals surface area (Å²) in [7, 11) is 0. The molecule has 0 radical (unpaired) electrons. The molecule has 3 nitrogen and oxygen atoms in total. The molecule has 1 aliphatic heterocycles. The minimum Gasteiger partial charge on any atom is -0.373 e. The number of morpholine rings is 1.